The van der Waals surface area contributed by atoms with Crippen LogP contribution in [0.15, 0.2) is 83.4 Å². The van der Waals surface area contributed by atoms with Gasteiger partial charge in [0.1, 0.15) is 5.82 Å². The number of hydrogen-bond acceptors (Lipinski definition) is 6. The van der Waals surface area contributed by atoms with E-state index in [4.69, 9.17) is 9.72 Å². The number of Topliss-reactive ketones (excluding diaryl/α,β-unsaturated/α-hetero) is 1. The molecule has 7 rings (SSSR count). The second-order valence-corrected chi connectivity index (χ2v) is 12.2. The van der Waals surface area contributed by atoms with Crippen molar-refractivity contribution in [3.63, 3.8) is 0 Å². The van der Waals surface area contributed by atoms with Gasteiger partial charge >= 0.3 is 5.97 Å². The predicted octanol–water partition coefficient (Wildman–Crippen LogP) is 6.46. The Labute approximate surface area is 254 Å². The van der Waals surface area contributed by atoms with Gasteiger partial charge in [0, 0.05) is 21.0 Å². The molecule has 2 bridgehead atoms. The number of benzene rings is 3. The van der Waals surface area contributed by atoms with Crippen molar-refractivity contribution < 1.29 is 28.3 Å². The minimum atomic E-state index is -0.707. The summed E-state index contributed by atoms with van der Waals surface area (Å²) >= 11 is 3.48. The van der Waals surface area contributed by atoms with Gasteiger partial charge in [-0.15, -0.1) is 0 Å². The Kier molecular flexibility index (Phi) is 6.58. The van der Waals surface area contributed by atoms with Gasteiger partial charge in [0.2, 0.25) is 11.8 Å². The normalized spacial score (nSPS) is 22.0. The van der Waals surface area contributed by atoms with Crippen LogP contribution in [0, 0.1) is 36.4 Å². The molecule has 0 N–H and O–H groups in total. The number of pyridine rings is 1. The number of ketones is 1. The second kappa shape index (κ2) is 10.3. The number of nitrogens with zero attached hydrogens (tertiary/aromatic N) is 2. The number of carbonyl (C=O) groups is 4. The molecule has 1 saturated heterocycles. The van der Waals surface area contributed by atoms with Crippen LogP contribution in [-0.4, -0.2) is 35.2 Å². The van der Waals surface area contributed by atoms with Crippen molar-refractivity contribution in [1.82, 2.24) is 4.98 Å². The number of anilines is 1. The molecule has 4 atom stereocenters. The van der Waals surface area contributed by atoms with Crippen LogP contribution in [-0.2, 0) is 14.3 Å². The van der Waals surface area contributed by atoms with Gasteiger partial charge < -0.3 is 4.74 Å². The summed E-state index contributed by atoms with van der Waals surface area (Å²) in [7, 11) is 0. The molecule has 1 aromatic heterocycles. The summed E-state index contributed by atoms with van der Waals surface area (Å²) in [6, 6.07) is 17.3. The molecule has 4 aromatic rings. The van der Waals surface area contributed by atoms with Crippen LogP contribution in [0.5, 0.6) is 0 Å². The summed E-state index contributed by atoms with van der Waals surface area (Å²) in [6.45, 7) is 1.37. The molecule has 2 fully saturated rings. The molecule has 1 saturated carbocycles. The van der Waals surface area contributed by atoms with Crippen LogP contribution in [0.25, 0.3) is 22.2 Å². The minimum absolute atomic E-state index is 0.130. The van der Waals surface area contributed by atoms with Crippen molar-refractivity contribution in [2.45, 2.75) is 13.3 Å². The number of carbonyl (C=O) groups excluding carboxylic acids is 4. The van der Waals surface area contributed by atoms with Gasteiger partial charge in [-0.05, 0) is 85.3 Å². The zero-order chi connectivity index (χ0) is 30.0. The number of fused-ring (bicyclic) bond motifs is 6. The molecule has 4 unspecified atom stereocenters. The van der Waals surface area contributed by atoms with E-state index in [9.17, 15) is 23.6 Å². The third kappa shape index (κ3) is 4.59. The van der Waals surface area contributed by atoms with E-state index in [1.165, 1.54) is 29.2 Å². The number of hydrogen-bond donors (Lipinski definition) is 0. The minimum Gasteiger partial charge on any atom is -0.454 e. The van der Waals surface area contributed by atoms with Gasteiger partial charge in [-0.2, -0.15) is 0 Å². The number of halogens is 2. The molecule has 7 nitrogen and oxygen atoms in total. The molecule has 2 heterocycles. The Balaban J connectivity index is 1.19. The van der Waals surface area contributed by atoms with E-state index in [0.717, 1.165) is 16.5 Å². The molecule has 1 aliphatic heterocycles. The summed E-state index contributed by atoms with van der Waals surface area (Å²) in [6.07, 6.45) is 5.00. The van der Waals surface area contributed by atoms with Crippen molar-refractivity contribution in [2.75, 3.05) is 11.5 Å². The molecule has 3 aliphatic rings. The van der Waals surface area contributed by atoms with Crippen molar-refractivity contribution in [3.8, 4) is 11.3 Å². The van der Waals surface area contributed by atoms with Crippen molar-refractivity contribution in [1.29, 1.82) is 0 Å². The van der Waals surface area contributed by atoms with Crippen LogP contribution in [0.2, 0.25) is 0 Å². The topological polar surface area (TPSA) is 93.6 Å². The summed E-state index contributed by atoms with van der Waals surface area (Å²) in [4.78, 5) is 58.5. The fraction of sp³-hybridized carbons (Fsp3) is 0.206. The summed E-state index contributed by atoms with van der Waals surface area (Å²) in [5, 5.41) is 0.550. The highest BCUT2D eigenvalue weighted by Crippen LogP contribution is 2.53. The van der Waals surface area contributed by atoms with Crippen LogP contribution >= 0.6 is 15.9 Å². The third-order valence-corrected chi connectivity index (χ3v) is 9.14. The second-order valence-electron chi connectivity index (χ2n) is 11.2. The van der Waals surface area contributed by atoms with E-state index in [-0.39, 0.29) is 46.6 Å². The lowest BCUT2D eigenvalue weighted by molar-refractivity contribution is -0.123. The SMILES string of the molecule is Cc1cc(Br)cc2c(C(=O)OCC(=O)c3ccc(F)cc3)cc(-c3ccc(N4C(=O)C5C6C=CC(C6)C5C4=O)cc3)nc12. The lowest BCUT2D eigenvalue weighted by Gasteiger charge is -2.18. The number of allylic oxidation sites excluding steroid dienone is 2. The first-order chi connectivity index (χ1) is 20.7. The smallest absolute Gasteiger partial charge is 0.339 e. The summed E-state index contributed by atoms with van der Waals surface area (Å²) < 4.78 is 19.4. The zero-order valence-electron chi connectivity index (χ0n) is 22.9. The van der Waals surface area contributed by atoms with Crippen LogP contribution in [0.4, 0.5) is 10.1 Å². The Morgan fingerprint density at radius 1 is 0.953 bits per heavy atom. The standard InChI is InChI=1S/C34H24BrFN2O5/c1-17-12-22(35)14-25-26(34(42)43-16-28(39)19-4-8-23(36)9-5-19)15-27(37-31(17)25)18-6-10-24(11-7-18)38-32(40)29-20-2-3-21(13-20)30(29)33(38)41/h2-12,14-15,20-21,29-30H,13,16H2,1H3. The van der Waals surface area contributed by atoms with Gasteiger partial charge in [-0.25, -0.2) is 14.2 Å². The first kappa shape index (κ1) is 27.3. The fourth-order valence-corrected chi connectivity index (χ4v) is 7.21. The molecule has 2 amide bonds. The van der Waals surface area contributed by atoms with Gasteiger partial charge in [0.15, 0.2) is 12.4 Å². The Bertz CT molecular complexity index is 1860. The molecular formula is C34H24BrFN2O5. The maximum absolute atomic E-state index is 13.3. The number of esters is 1. The molecule has 2 aliphatic carbocycles. The lowest BCUT2D eigenvalue weighted by Crippen LogP contribution is -2.32. The van der Waals surface area contributed by atoms with E-state index < -0.39 is 24.2 Å². The number of rotatable bonds is 6. The quantitative estimate of drug-likeness (QED) is 0.104. The monoisotopic (exact) mass is 638 g/mol. The van der Waals surface area contributed by atoms with Crippen molar-refractivity contribution >= 4 is 56.1 Å². The van der Waals surface area contributed by atoms with Gasteiger partial charge in [0.25, 0.3) is 0 Å². The number of amides is 2. The maximum atomic E-state index is 13.3. The maximum Gasteiger partial charge on any atom is 0.339 e. The molecule has 9 heteroatoms. The average Bonchev–Trinajstić information content (AvgIpc) is 3.69. The highest BCUT2D eigenvalue weighted by atomic mass is 79.9. The highest BCUT2D eigenvalue weighted by molar-refractivity contribution is 9.10. The van der Waals surface area contributed by atoms with E-state index in [1.807, 2.05) is 13.0 Å². The van der Waals surface area contributed by atoms with Crippen molar-refractivity contribution in [2.24, 2.45) is 23.7 Å². The molecule has 214 valence electrons. The van der Waals surface area contributed by atoms with Crippen LogP contribution < -0.4 is 4.90 Å². The Hall–Kier alpha value is -4.50. The van der Waals surface area contributed by atoms with Crippen LogP contribution in [0.3, 0.4) is 0 Å². The number of aryl methyl sites for hydroxylation is 1. The molecule has 0 spiro atoms. The summed E-state index contributed by atoms with van der Waals surface area (Å²) in [5.41, 5.74) is 3.53. The molecule has 43 heavy (non-hydrogen) atoms. The van der Waals surface area contributed by atoms with Crippen molar-refractivity contribution in [3.05, 3.63) is 106 Å². The van der Waals surface area contributed by atoms with Gasteiger partial charge in [0.05, 0.1) is 34.3 Å². The summed E-state index contributed by atoms with van der Waals surface area (Å²) in [5.74, 6) is -2.24. The number of imide groups is 1. The first-order valence-corrected chi connectivity index (χ1v) is 14.7. The Morgan fingerprint density at radius 3 is 2.26 bits per heavy atom. The molecular weight excluding hydrogens is 615 g/mol. The molecule has 3 aromatic carbocycles. The number of aromatic nitrogens is 1. The first-order valence-electron chi connectivity index (χ1n) is 13.9. The van der Waals surface area contributed by atoms with E-state index in [1.54, 1.807) is 36.4 Å². The zero-order valence-corrected chi connectivity index (χ0v) is 24.5. The van der Waals surface area contributed by atoms with Gasteiger partial charge in [-0.3, -0.25) is 19.3 Å². The van der Waals surface area contributed by atoms with E-state index >= 15 is 0 Å². The third-order valence-electron chi connectivity index (χ3n) is 8.68. The van der Waals surface area contributed by atoms with Gasteiger partial charge in [-0.1, -0.05) is 40.2 Å². The van der Waals surface area contributed by atoms with Crippen LogP contribution in [0.1, 0.15) is 32.7 Å². The lowest BCUT2D eigenvalue weighted by atomic mass is 9.85. The number of ether oxygens (including phenoxy) is 1. The predicted molar refractivity (Wildman–Crippen MR) is 161 cm³/mol. The van der Waals surface area contributed by atoms with E-state index in [2.05, 4.69) is 28.1 Å². The highest BCUT2D eigenvalue weighted by Gasteiger charge is 2.59. The molecule has 0 radical (unpaired) electrons. The Morgan fingerprint density at radius 2 is 1.60 bits per heavy atom. The van der Waals surface area contributed by atoms with E-state index in [0.29, 0.717) is 27.8 Å². The average molecular weight is 639 g/mol. The fourth-order valence-electron chi connectivity index (χ4n) is 6.64. The largest absolute Gasteiger partial charge is 0.454 e.